The van der Waals surface area contributed by atoms with Gasteiger partial charge in [0.2, 0.25) is 0 Å². The molecule has 0 aliphatic carbocycles. The van der Waals surface area contributed by atoms with Gasteiger partial charge < -0.3 is 0 Å². The summed E-state index contributed by atoms with van der Waals surface area (Å²) in [5.74, 6) is 0. The van der Waals surface area contributed by atoms with Gasteiger partial charge in [0.15, 0.2) is 0 Å². The number of pyridine rings is 1. The molecule has 4 aromatic rings. The Bertz CT molecular complexity index is 1150. The Morgan fingerprint density at radius 2 is 1.75 bits per heavy atom. The van der Waals surface area contributed by atoms with E-state index < -0.39 is 11.7 Å². The van der Waals surface area contributed by atoms with Gasteiger partial charge in [-0.1, -0.05) is 47.1 Å². The van der Waals surface area contributed by atoms with Crippen LogP contribution in [0.1, 0.15) is 11.1 Å². The van der Waals surface area contributed by atoms with Crippen LogP contribution in [0.3, 0.4) is 0 Å². The maximum absolute atomic E-state index is 12.8. The van der Waals surface area contributed by atoms with E-state index in [0.717, 1.165) is 39.6 Å². The average molecular weight is 419 g/mol. The van der Waals surface area contributed by atoms with Crippen LogP contribution in [0.25, 0.3) is 16.9 Å². The molecule has 0 aliphatic heterocycles. The summed E-state index contributed by atoms with van der Waals surface area (Å²) in [5.41, 5.74) is 2.84. The smallest absolute Gasteiger partial charge is 0.292 e. The van der Waals surface area contributed by atoms with Crippen LogP contribution in [0.4, 0.5) is 13.2 Å². The first kappa shape index (κ1) is 18.9. The molecule has 0 fully saturated rings. The average Bonchev–Trinajstić information content (AvgIpc) is 2.99. The number of imidazole rings is 1. The van der Waals surface area contributed by atoms with E-state index >= 15 is 0 Å². The van der Waals surface area contributed by atoms with Crippen molar-refractivity contribution in [1.29, 1.82) is 0 Å². The normalized spacial score (nSPS) is 11.9. The van der Waals surface area contributed by atoms with Gasteiger partial charge in [-0.15, -0.1) is 0 Å². The SMILES string of the molecule is Cc1cccc(-c2nc3ccc(Cl)cn3c2Sc2ccc(C(F)(F)F)cc2)c1. The standard InChI is InChI=1S/C21H14ClF3N2S/c1-13-3-2-4-14(11-13)19-20(27-12-16(22)7-10-18(27)26-19)28-17-8-5-15(6-9-17)21(23,24)25/h2-12H,1H3. The number of benzene rings is 2. The van der Waals surface area contributed by atoms with Gasteiger partial charge in [0.05, 0.1) is 10.6 Å². The minimum Gasteiger partial charge on any atom is -0.292 e. The summed E-state index contributed by atoms with van der Waals surface area (Å²) >= 11 is 7.52. The highest BCUT2D eigenvalue weighted by Gasteiger charge is 2.30. The van der Waals surface area contributed by atoms with Gasteiger partial charge in [0, 0.05) is 16.7 Å². The molecule has 2 aromatic heterocycles. The van der Waals surface area contributed by atoms with Crippen molar-refractivity contribution < 1.29 is 13.2 Å². The molecular weight excluding hydrogens is 405 g/mol. The molecule has 28 heavy (non-hydrogen) atoms. The molecule has 2 aromatic carbocycles. The molecule has 4 rings (SSSR count). The van der Waals surface area contributed by atoms with Crippen molar-refractivity contribution in [2.24, 2.45) is 0 Å². The molecular formula is C21H14ClF3N2S. The fourth-order valence-electron chi connectivity index (χ4n) is 2.90. The lowest BCUT2D eigenvalue weighted by Crippen LogP contribution is -2.03. The molecule has 0 bridgehead atoms. The molecule has 0 amide bonds. The van der Waals surface area contributed by atoms with Gasteiger partial charge >= 0.3 is 6.18 Å². The van der Waals surface area contributed by atoms with Crippen molar-refractivity contribution in [3.63, 3.8) is 0 Å². The van der Waals surface area contributed by atoms with E-state index in [4.69, 9.17) is 16.6 Å². The maximum atomic E-state index is 12.8. The molecule has 0 aliphatic rings. The van der Waals surface area contributed by atoms with Gasteiger partial charge in [-0.3, -0.25) is 4.40 Å². The van der Waals surface area contributed by atoms with Crippen molar-refractivity contribution in [3.8, 4) is 11.3 Å². The number of aryl methyl sites for hydroxylation is 1. The van der Waals surface area contributed by atoms with E-state index in [1.165, 1.54) is 23.9 Å². The molecule has 0 radical (unpaired) electrons. The highest BCUT2D eigenvalue weighted by atomic mass is 35.5. The Kier molecular flexibility index (Phi) is 4.85. The number of alkyl halides is 3. The van der Waals surface area contributed by atoms with Gasteiger partial charge in [-0.2, -0.15) is 13.2 Å². The number of hydrogen-bond donors (Lipinski definition) is 0. The lowest BCUT2D eigenvalue weighted by Gasteiger charge is -2.09. The number of hydrogen-bond acceptors (Lipinski definition) is 2. The van der Waals surface area contributed by atoms with Crippen molar-refractivity contribution >= 4 is 29.0 Å². The zero-order valence-electron chi connectivity index (χ0n) is 14.7. The number of fused-ring (bicyclic) bond motifs is 1. The first-order valence-corrected chi connectivity index (χ1v) is 9.60. The Morgan fingerprint density at radius 3 is 2.43 bits per heavy atom. The Morgan fingerprint density at radius 1 is 1.00 bits per heavy atom. The predicted octanol–water partition coefficient (Wildman–Crippen LogP) is 7.13. The second-order valence-corrected chi connectivity index (χ2v) is 7.83. The van der Waals surface area contributed by atoms with E-state index in [1.54, 1.807) is 12.3 Å². The highest BCUT2D eigenvalue weighted by Crippen LogP contribution is 2.38. The summed E-state index contributed by atoms with van der Waals surface area (Å²) in [6.07, 6.45) is -2.59. The number of rotatable bonds is 3. The van der Waals surface area contributed by atoms with Crippen LogP contribution in [0.2, 0.25) is 5.02 Å². The van der Waals surface area contributed by atoms with E-state index in [0.29, 0.717) is 9.92 Å². The topological polar surface area (TPSA) is 17.3 Å². The molecule has 2 nitrogen and oxygen atoms in total. The molecule has 0 spiro atoms. The first-order chi connectivity index (χ1) is 13.3. The second-order valence-electron chi connectivity index (χ2n) is 6.33. The van der Waals surface area contributed by atoms with Crippen molar-refractivity contribution in [2.75, 3.05) is 0 Å². The minimum absolute atomic E-state index is 0.551. The Hall–Kier alpha value is -2.44. The van der Waals surface area contributed by atoms with Crippen LogP contribution in [0.15, 0.2) is 76.8 Å². The number of aromatic nitrogens is 2. The van der Waals surface area contributed by atoms with E-state index in [9.17, 15) is 13.2 Å². The molecule has 0 saturated carbocycles. The fourth-order valence-corrected chi connectivity index (χ4v) is 4.06. The van der Waals surface area contributed by atoms with E-state index in [1.807, 2.05) is 41.7 Å². The molecule has 0 unspecified atom stereocenters. The van der Waals surface area contributed by atoms with Crippen LogP contribution in [-0.2, 0) is 6.18 Å². The Labute approximate surface area is 169 Å². The zero-order chi connectivity index (χ0) is 19.9. The quantitative estimate of drug-likeness (QED) is 0.352. The summed E-state index contributed by atoms with van der Waals surface area (Å²) < 4.78 is 40.4. The summed E-state index contributed by atoms with van der Waals surface area (Å²) in [5, 5.41) is 1.35. The highest BCUT2D eigenvalue weighted by molar-refractivity contribution is 7.99. The van der Waals surface area contributed by atoms with E-state index in [-0.39, 0.29) is 0 Å². The van der Waals surface area contributed by atoms with Gasteiger partial charge in [-0.25, -0.2) is 4.98 Å². The van der Waals surface area contributed by atoms with Crippen molar-refractivity contribution in [2.45, 2.75) is 23.0 Å². The maximum Gasteiger partial charge on any atom is 0.416 e. The number of halogens is 4. The van der Waals surface area contributed by atoms with Crippen molar-refractivity contribution in [3.05, 3.63) is 83.0 Å². The fraction of sp³-hybridized carbons (Fsp3) is 0.0952. The third kappa shape index (κ3) is 3.75. The molecule has 7 heteroatoms. The van der Waals surface area contributed by atoms with E-state index in [2.05, 4.69) is 0 Å². The third-order valence-electron chi connectivity index (χ3n) is 4.23. The lowest BCUT2D eigenvalue weighted by atomic mass is 10.1. The predicted molar refractivity (Wildman–Crippen MR) is 106 cm³/mol. The lowest BCUT2D eigenvalue weighted by molar-refractivity contribution is -0.137. The van der Waals surface area contributed by atoms with Crippen LogP contribution >= 0.6 is 23.4 Å². The van der Waals surface area contributed by atoms with Crippen LogP contribution in [0.5, 0.6) is 0 Å². The van der Waals surface area contributed by atoms with Crippen LogP contribution < -0.4 is 0 Å². The molecule has 142 valence electrons. The largest absolute Gasteiger partial charge is 0.416 e. The summed E-state index contributed by atoms with van der Waals surface area (Å²) in [6.45, 7) is 2.00. The molecule has 0 saturated heterocycles. The molecule has 0 atom stereocenters. The monoisotopic (exact) mass is 418 g/mol. The van der Waals surface area contributed by atoms with Crippen LogP contribution in [0, 0.1) is 6.92 Å². The second kappa shape index (κ2) is 7.18. The number of nitrogens with zero attached hydrogens (tertiary/aromatic N) is 2. The zero-order valence-corrected chi connectivity index (χ0v) is 16.2. The van der Waals surface area contributed by atoms with Gasteiger partial charge in [-0.05, 0) is 49.4 Å². The molecule has 0 N–H and O–H groups in total. The summed E-state index contributed by atoms with van der Waals surface area (Å²) in [6, 6.07) is 16.6. The van der Waals surface area contributed by atoms with Crippen LogP contribution in [-0.4, -0.2) is 9.38 Å². The van der Waals surface area contributed by atoms with Crippen molar-refractivity contribution in [1.82, 2.24) is 9.38 Å². The third-order valence-corrected chi connectivity index (χ3v) is 5.54. The summed E-state index contributed by atoms with van der Waals surface area (Å²) in [7, 11) is 0. The Balaban J connectivity index is 1.82. The first-order valence-electron chi connectivity index (χ1n) is 8.41. The minimum atomic E-state index is -4.35. The molecule has 2 heterocycles. The van der Waals surface area contributed by atoms with Gasteiger partial charge in [0.1, 0.15) is 16.4 Å². The summed E-state index contributed by atoms with van der Waals surface area (Å²) in [4.78, 5) is 5.41. The van der Waals surface area contributed by atoms with Gasteiger partial charge in [0.25, 0.3) is 0 Å².